The lowest BCUT2D eigenvalue weighted by Crippen LogP contribution is -2.42. The summed E-state index contributed by atoms with van der Waals surface area (Å²) in [4.78, 5) is 25.6. The van der Waals surface area contributed by atoms with Gasteiger partial charge in [0, 0.05) is 19.2 Å². The van der Waals surface area contributed by atoms with E-state index in [-0.39, 0.29) is 17.7 Å². The van der Waals surface area contributed by atoms with E-state index >= 15 is 0 Å². The molecule has 0 radical (unpaired) electrons. The Labute approximate surface area is 112 Å². The normalized spacial score (nSPS) is 19.2. The number of ether oxygens (including phenoxy) is 1. The van der Waals surface area contributed by atoms with E-state index < -0.39 is 5.60 Å². The highest BCUT2D eigenvalue weighted by Crippen LogP contribution is 2.27. The average molecular weight is 267 g/mol. The number of aromatic nitrogens is 2. The maximum atomic E-state index is 12.1. The first kappa shape index (κ1) is 13.7. The number of fused-ring (bicyclic) bond motifs is 1. The van der Waals surface area contributed by atoms with Crippen LogP contribution < -0.4 is 5.56 Å². The number of nitrogens with one attached hydrogen (secondary N) is 1. The Hall–Kier alpha value is -1.72. The Balaban J connectivity index is 2.24. The van der Waals surface area contributed by atoms with Gasteiger partial charge in [0.25, 0.3) is 5.56 Å². The van der Waals surface area contributed by atoms with Crippen LogP contribution in [0.3, 0.4) is 0 Å². The van der Waals surface area contributed by atoms with Gasteiger partial charge in [-0.3, -0.25) is 19.5 Å². The zero-order valence-corrected chi connectivity index (χ0v) is 12.1. The van der Waals surface area contributed by atoms with E-state index in [1.165, 1.54) is 4.68 Å². The number of hydrogen-bond donors (Lipinski definition) is 1. The van der Waals surface area contributed by atoms with E-state index in [1.807, 2.05) is 27.7 Å². The lowest BCUT2D eigenvalue weighted by Gasteiger charge is -2.34. The molecule has 0 saturated carbocycles. The van der Waals surface area contributed by atoms with Crippen LogP contribution in [0.1, 0.15) is 45.0 Å². The molecule has 0 spiro atoms. The van der Waals surface area contributed by atoms with Crippen molar-refractivity contribution in [1.82, 2.24) is 14.7 Å². The Morgan fingerprint density at radius 2 is 2.05 bits per heavy atom. The molecule has 1 atom stereocenters. The first-order chi connectivity index (χ1) is 8.70. The van der Waals surface area contributed by atoms with Crippen molar-refractivity contribution in [3.63, 3.8) is 0 Å². The highest BCUT2D eigenvalue weighted by molar-refractivity contribution is 5.69. The van der Waals surface area contributed by atoms with Crippen molar-refractivity contribution in [2.75, 3.05) is 6.54 Å². The fourth-order valence-electron chi connectivity index (χ4n) is 2.36. The van der Waals surface area contributed by atoms with Gasteiger partial charge >= 0.3 is 6.09 Å². The van der Waals surface area contributed by atoms with Gasteiger partial charge in [-0.25, -0.2) is 4.79 Å². The van der Waals surface area contributed by atoms with Gasteiger partial charge in [-0.15, -0.1) is 0 Å². The molecule has 0 aliphatic carbocycles. The molecule has 1 amide bonds. The molecular formula is C13H21N3O3. The summed E-state index contributed by atoms with van der Waals surface area (Å²) in [6.07, 6.45) is 0.227. The fourth-order valence-corrected chi connectivity index (χ4v) is 2.36. The highest BCUT2D eigenvalue weighted by Gasteiger charge is 2.33. The maximum Gasteiger partial charge on any atom is 0.410 e. The predicted molar refractivity (Wildman–Crippen MR) is 71.1 cm³/mol. The van der Waals surface area contributed by atoms with Crippen LogP contribution in [-0.2, 0) is 18.2 Å². The van der Waals surface area contributed by atoms with E-state index in [9.17, 15) is 9.59 Å². The molecule has 19 heavy (non-hydrogen) atoms. The van der Waals surface area contributed by atoms with Crippen molar-refractivity contribution in [2.24, 2.45) is 7.05 Å². The van der Waals surface area contributed by atoms with Crippen LogP contribution in [0.5, 0.6) is 0 Å². The summed E-state index contributed by atoms with van der Waals surface area (Å²) in [5.41, 5.74) is 1.06. The van der Waals surface area contributed by atoms with Gasteiger partial charge in [-0.05, 0) is 34.1 Å². The smallest absolute Gasteiger partial charge is 0.410 e. The quantitative estimate of drug-likeness (QED) is 0.775. The molecule has 1 aliphatic rings. The van der Waals surface area contributed by atoms with Gasteiger partial charge in [0.1, 0.15) is 5.60 Å². The van der Waals surface area contributed by atoms with Gasteiger partial charge in [0.15, 0.2) is 0 Å². The number of aryl methyl sites for hydroxylation is 1. The SMILES string of the molecule is CC1c2[nH]n(C)c(=O)c2CCN1C(=O)OC(C)(C)C. The number of aromatic amines is 1. The predicted octanol–water partition coefficient (Wildman–Crippen LogP) is 1.57. The topological polar surface area (TPSA) is 67.3 Å². The minimum absolute atomic E-state index is 0.00862. The number of hydrogen-bond acceptors (Lipinski definition) is 3. The van der Waals surface area contributed by atoms with Crippen molar-refractivity contribution < 1.29 is 9.53 Å². The van der Waals surface area contributed by atoms with Crippen LogP contribution in [0.25, 0.3) is 0 Å². The molecular weight excluding hydrogens is 246 g/mol. The molecule has 6 nitrogen and oxygen atoms in total. The van der Waals surface area contributed by atoms with Gasteiger partial charge < -0.3 is 4.74 Å². The van der Waals surface area contributed by atoms with Crippen molar-refractivity contribution in [3.05, 3.63) is 21.6 Å². The van der Waals surface area contributed by atoms with Gasteiger partial charge in [-0.1, -0.05) is 0 Å². The third-order valence-corrected chi connectivity index (χ3v) is 3.29. The fraction of sp³-hybridized carbons (Fsp3) is 0.692. The zero-order chi connectivity index (χ0) is 14.4. The van der Waals surface area contributed by atoms with Crippen molar-refractivity contribution >= 4 is 6.09 Å². The Morgan fingerprint density at radius 1 is 1.42 bits per heavy atom. The van der Waals surface area contributed by atoms with Gasteiger partial charge in [-0.2, -0.15) is 0 Å². The van der Waals surface area contributed by atoms with E-state index in [4.69, 9.17) is 4.74 Å². The summed E-state index contributed by atoms with van der Waals surface area (Å²) < 4.78 is 6.85. The molecule has 0 bridgehead atoms. The molecule has 6 heteroatoms. The maximum absolute atomic E-state index is 12.1. The Morgan fingerprint density at radius 3 is 2.63 bits per heavy atom. The summed E-state index contributed by atoms with van der Waals surface area (Å²) in [6.45, 7) is 7.94. The second-order valence-electron chi connectivity index (χ2n) is 5.97. The van der Waals surface area contributed by atoms with Crippen molar-refractivity contribution in [3.8, 4) is 0 Å². The monoisotopic (exact) mass is 267 g/mol. The lowest BCUT2D eigenvalue weighted by molar-refractivity contribution is 0.0155. The third-order valence-electron chi connectivity index (χ3n) is 3.29. The summed E-state index contributed by atoms with van der Waals surface area (Å²) >= 11 is 0. The van der Waals surface area contributed by atoms with E-state index in [0.29, 0.717) is 13.0 Å². The van der Waals surface area contributed by atoms with Crippen LogP contribution >= 0.6 is 0 Å². The molecule has 2 rings (SSSR count). The minimum atomic E-state index is -0.513. The number of rotatable bonds is 0. The van der Waals surface area contributed by atoms with Gasteiger partial charge in [0.2, 0.25) is 0 Å². The number of carbonyl (C=O) groups is 1. The molecule has 0 fully saturated rings. The molecule has 0 saturated heterocycles. The minimum Gasteiger partial charge on any atom is -0.444 e. The van der Waals surface area contributed by atoms with Crippen LogP contribution in [0.4, 0.5) is 4.79 Å². The summed E-state index contributed by atoms with van der Waals surface area (Å²) in [7, 11) is 1.69. The Kier molecular flexibility index (Phi) is 3.20. The number of amides is 1. The second kappa shape index (κ2) is 4.43. The van der Waals surface area contributed by atoms with Crippen molar-refractivity contribution in [1.29, 1.82) is 0 Å². The van der Waals surface area contributed by atoms with E-state index in [0.717, 1.165) is 11.3 Å². The number of H-pyrrole nitrogens is 1. The molecule has 1 unspecified atom stereocenters. The molecule has 1 aromatic rings. The van der Waals surface area contributed by atoms with Crippen LogP contribution in [0.15, 0.2) is 4.79 Å². The van der Waals surface area contributed by atoms with Crippen molar-refractivity contribution in [2.45, 2.75) is 45.8 Å². The summed E-state index contributed by atoms with van der Waals surface area (Å²) in [5, 5.41) is 3.02. The van der Waals surface area contributed by atoms with Crippen LogP contribution in [0.2, 0.25) is 0 Å². The van der Waals surface area contributed by atoms with E-state index in [2.05, 4.69) is 5.10 Å². The number of nitrogens with zero attached hydrogens (tertiary/aromatic N) is 2. The second-order valence-corrected chi connectivity index (χ2v) is 5.97. The molecule has 106 valence electrons. The van der Waals surface area contributed by atoms with Gasteiger partial charge in [0.05, 0.1) is 11.7 Å². The standard InChI is InChI=1S/C13H21N3O3/c1-8-10-9(11(17)15(5)14-10)6-7-16(8)12(18)19-13(2,3)4/h8,14H,6-7H2,1-5H3. The third kappa shape index (κ3) is 2.52. The summed E-state index contributed by atoms with van der Waals surface area (Å²) in [6, 6.07) is -0.174. The van der Waals surface area contributed by atoms with E-state index in [1.54, 1.807) is 11.9 Å². The molecule has 1 aromatic heterocycles. The molecule has 0 aromatic carbocycles. The first-order valence-electron chi connectivity index (χ1n) is 6.48. The molecule has 1 N–H and O–H groups in total. The highest BCUT2D eigenvalue weighted by atomic mass is 16.6. The average Bonchev–Trinajstić information content (AvgIpc) is 2.55. The number of carbonyl (C=O) groups excluding carboxylic acids is 1. The Bertz CT molecular complexity index is 550. The van der Waals surface area contributed by atoms with Crippen LogP contribution in [0, 0.1) is 0 Å². The molecule has 1 aliphatic heterocycles. The zero-order valence-electron chi connectivity index (χ0n) is 12.1. The first-order valence-corrected chi connectivity index (χ1v) is 6.48. The largest absolute Gasteiger partial charge is 0.444 e. The molecule has 2 heterocycles. The summed E-state index contributed by atoms with van der Waals surface area (Å²) in [5.74, 6) is 0. The lowest BCUT2D eigenvalue weighted by atomic mass is 10.0. The van der Waals surface area contributed by atoms with Crippen LogP contribution in [-0.4, -0.2) is 32.9 Å².